The molecule has 6 nitrogen and oxygen atoms in total. The average molecular weight is 249 g/mol. The van der Waals surface area contributed by atoms with Gasteiger partial charge >= 0.3 is 5.63 Å². The van der Waals surface area contributed by atoms with E-state index in [0.29, 0.717) is 11.1 Å². The van der Waals surface area contributed by atoms with Gasteiger partial charge in [0.1, 0.15) is 5.56 Å². The van der Waals surface area contributed by atoms with Crippen LogP contribution in [-0.2, 0) is 4.74 Å². The number of hydrogen-bond donors (Lipinski definition) is 1. The van der Waals surface area contributed by atoms with Gasteiger partial charge in [-0.05, 0) is 12.1 Å². The third-order valence-electron chi connectivity index (χ3n) is 2.32. The van der Waals surface area contributed by atoms with Crippen molar-refractivity contribution in [2.75, 3.05) is 13.9 Å². The lowest BCUT2D eigenvalue weighted by Gasteiger charge is -2.07. The van der Waals surface area contributed by atoms with Gasteiger partial charge in [-0.1, -0.05) is 12.1 Å². The number of hydrogen-bond acceptors (Lipinski definition) is 5. The van der Waals surface area contributed by atoms with Gasteiger partial charge in [0.2, 0.25) is 0 Å². The fourth-order valence-corrected chi connectivity index (χ4v) is 1.53. The highest BCUT2D eigenvalue weighted by Crippen LogP contribution is 2.24. The number of primary amides is 1. The number of rotatable bonds is 4. The maximum absolute atomic E-state index is 11.5. The van der Waals surface area contributed by atoms with Crippen molar-refractivity contribution in [3.8, 4) is 5.75 Å². The van der Waals surface area contributed by atoms with Crippen molar-refractivity contribution in [2.24, 2.45) is 5.73 Å². The molecule has 0 aliphatic carbocycles. The molecule has 0 fully saturated rings. The molecule has 94 valence electrons. The van der Waals surface area contributed by atoms with E-state index in [9.17, 15) is 9.59 Å². The highest BCUT2D eigenvalue weighted by atomic mass is 16.7. The zero-order valence-corrected chi connectivity index (χ0v) is 9.64. The maximum atomic E-state index is 11.5. The molecule has 2 N–H and O–H groups in total. The summed E-state index contributed by atoms with van der Waals surface area (Å²) in [6, 6.07) is 6.40. The summed E-state index contributed by atoms with van der Waals surface area (Å²) in [5.74, 6) is -0.462. The SMILES string of the molecule is COCOc1cccc2cc(C(N)=O)c(=O)oc12. The monoisotopic (exact) mass is 249 g/mol. The first kappa shape index (κ1) is 12.1. The lowest BCUT2D eigenvalue weighted by molar-refractivity contribution is 0.0514. The van der Waals surface area contributed by atoms with Crippen LogP contribution in [0.5, 0.6) is 5.75 Å². The van der Waals surface area contributed by atoms with Gasteiger partial charge in [-0.25, -0.2) is 4.79 Å². The van der Waals surface area contributed by atoms with Crippen LogP contribution in [0.25, 0.3) is 11.0 Å². The summed E-state index contributed by atoms with van der Waals surface area (Å²) in [4.78, 5) is 22.6. The van der Waals surface area contributed by atoms with Gasteiger partial charge < -0.3 is 19.6 Å². The van der Waals surface area contributed by atoms with E-state index in [1.54, 1.807) is 18.2 Å². The topological polar surface area (TPSA) is 91.8 Å². The van der Waals surface area contributed by atoms with Crippen molar-refractivity contribution in [1.29, 1.82) is 0 Å². The molecule has 0 radical (unpaired) electrons. The van der Waals surface area contributed by atoms with Crippen LogP contribution in [0.4, 0.5) is 0 Å². The van der Waals surface area contributed by atoms with Crippen LogP contribution in [0.1, 0.15) is 10.4 Å². The van der Waals surface area contributed by atoms with Crippen LogP contribution < -0.4 is 16.1 Å². The molecule has 0 atom stereocenters. The molecule has 1 amide bonds. The van der Waals surface area contributed by atoms with Crippen LogP contribution in [0, 0.1) is 0 Å². The third kappa shape index (κ3) is 2.18. The molecule has 0 bridgehead atoms. The van der Waals surface area contributed by atoms with Crippen molar-refractivity contribution in [3.05, 3.63) is 40.2 Å². The Kier molecular flexibility index (Phi) is 3.29. The molecule has 1 aromatic carbocycles. The number of carbonyl (C=O) groups excluding carboxylic acids is 1. The summed E-state index contributed by atoms with van der Waals surface area (Å²) >= 11 is 0. The number of carbonyl (C=O) groups is 1. The number of fused-ring (bicyclic) bond motifs is 1. The van der Waals surface area contributed by atoms with Crippen molar-refractivity contribution >= 4 is 16.9 Å². The van der Waals surface area contributed by atoms with Gasteiger partial charge in [0.05, 0.1) is 0 Å². The fraction of sp³-hybridized carbons (Fsp3) is 0.167. The van der Waals surface area contributed by atoms with Gasteiger partial charge in [-0.15, -0.1) is 0 Å². The second kappa shape index (κ2) is 4.89. The van der Waals surface area contributed by atoms with Crippen LogP contribution in [0.2, 0.25) is 0 Å². The molecule has 18 heavy (non-hydrogen) atoms. The maximum Gasteiger partial charge on any atom is 0.349 e. The summed E-state index contributed by atoms with van der Waals surface area (Å²) in [5.41, 5.74) is 4.35. The Labute approximate surface area is 102 Å². The Balaban J connectivity index is 2.61. The second-order valence-corrected chi connectivity index (χ2v) is 3.54. The molecular weight excluding hydrogens is 238 g/mol. The Morgan fingerprint density at radius 1 is 1.44 bits per heavy atom. The predicted molar refractivity (Wildman–Crippen MR) is 63.5 cm³/mol. The molecule has 0 saturated carbocycles. The lowest BCUT2D eigenvalue weighted by atomic mass is 10.1. The molecule has 1 heterocycles. The van der Waals surface area contributed by atoms with Crippen LogP contribution >= 0.6 is 0 Å². The van der Waals surface area contributed by atoms with Gasteiger partial charge in [0.25, 0.3) is 5.91 Å². The first-order valence-corrected chi connectivity index (χ1v) is 5.12. The van der Waals surface area contributed by atoms with Crippen molar-refractivity contribution in [1.82, 2.24) is 0 Å². The van der Waals surface area contributed by atoms with Crippen LogP contribution in [0.15, 0.2) is 33.5 Å². The summed E-state index contributed by atoms with van der Waals surface area (Å²) in [6.07, 6.45) is 0. The molecule has 0 aliphatic rings. The number of ether oxygens (including phenoxy) is 2. The zero-order chi connectivity index (χ0) is 13.1. The first-order valence-electron chi connectivity index (χ1n) is 5.12. The van der Waals surface area contributed by atoms with Gasteiger partial charge in [-0.3, -0.25) is 4.79 Å². The highest BCUT2D eigenvalue weighted by molar-refractivity contribution is 5.96. The number of amides is 1. The largest absolute Gasteiger partial charge is 0.464 e. The third-order valence-corrected chi connectivity index (χ3v) is 2.32. The molecule has 2 aromatic rings. The smallest absolute Gasteiger partial charge is 0.349 e. The first-order chi connectivity index (χ1) is 8.63. The zero-order valence-electron chi connectivity index (χ0n) is 9.64. The van der Waals surface area contributed by atoms with E-state index < -0.39 is 11.5 Å². The van der Waals surface area contributed by atoms with E-state index in [4.69, 9.17) is 19.6 Å². The van der Waals surface area contributed by atoms with E-state index in [0.717, 1.165) is 0 Å². The molecule has 0 aliphatic heterocycles. The van der Waals surface area contributed by atoms with Crippen LogP contribution in [-0.4, -0.2) is 19.8 Å². The molecule has 0 unspecified atom stereocenters. The number of methoxy groups -OCH3 is 1. The normalized spacial score (nSPS) is 10.5. The van der Waals surface area contributed by atoms with E-state index in [-0.39, 0.29) is 17.9 Å². The Bertz CT molecular complexity index is 646. The lowest BCUT2D eigenvalue weighted by Crippen LogP contribution is -2.20. The standard InChI is InChI=1S/C12H11NO5/c1-16-6-17-9-4-2-3-7-5-8(11(13)14)12(15)18-10(7)9/h2-5H,6H2,1H3,(H2,13,14). The number of nitrogens with two attached hydrogens (primary N) is 1. The minimum absolute atomic E-state index is 0.0282. The van der Waals surface area contributed by atoms with E-state index in [2.05, 4.69) is 0 Å². The average Bonchev–Trinajstić information content (AvgIpc) is 2.35. The highest BCUT2D eigenvalue weighted by Gasteiger charge is 2.12. The second-order valence-electron chi connectivity index (χ2n) is 3.54. The van der Waals surface area contributed by atoms with E-state index in [1.807, 2.05) is 0 Å². The summed E-state index contributed by atoms with van der Waals surface area (Å²) in [7, 11) is 1.48. The molecule has 6 heteroatoms. The van der Waals surface area contributed by atoms with Gasteiger partial charge in [-0.2, -0.15) is 0 Å². The van der Waals surface area contributed by atoms with Crippen molar-refractivity contribution in [2.45, 2.75) is 0 Å². The summed E-state index contributed by atoms with van der Waals surface area (Å²) < 4.78 is 15.1. The molecule has 1 aromatic heterocycles. The molecule has 2 rings (SSSR count). The molecule has 0 saturated heterocycles. The molecular formula is C12H11NO5. The summed E-state index contributed by atoms with van der Waals surface area (Å²) in [6.45, 7) is 0.0282. The van der Waals surface area contributed by atoms with E-state index in [1.165, 1.54) is 13.2 Å². The Hall–Kier alpha value is -2.34. The van der Waals surface area contributed by atoms with Crippen LogP contribution in [0.3, 0.4) is 0 Å². The Morgan fingerprint density at radius 2 is 2.22 bits per heavy atom. The predicted octanol–water partition coefficient (Wildman–Crippen LogP) is 0.875. The minimum atomic E-state index is -0.825. The molecule has 0 spiro atoms. The number of para-hydroxylation sites is 1. The van der Waals surface area contributed by atoms with Gasteiger partial charge in [0, 0.05) is 12.5 Å². The minimum Gasteiger partial charge on any atom is -0.464 e. The number of benzene rings is 1. The van der Waals surface area contributed by atoms with Crippen molar-refractivity contribution in [3.63, 3.8) is 0 Å². The fourth-order valence-electron chi connectivity index (χ4n) is 1.53. The van der Waals surface area contributed by atoms with E-state index >= 15 is 0 Å². The quantitative estimate of drug-likeness (QED) is 0.641. The van der Waals surface area contributed by atoms with Crippen molar-refractivity contribution < 1.29 is 18.7 Å². The van der Waals surface area contributed by atoms with Gasteiger partial charge in [0.15, 0.2) is 18.1 Å². The summed E-state index contributed by atoms with van der Waals surface area (Å²) in [5, 5.41) is 0.553. The Morgan fingerprint density at radius 3 is 2.89 bits per heavy atom.